The van der Waals surface area contributed by atoms with Crippen LogP contribution in [0.3, 0.4) is 0 Å². The van der Waals surface area contributed by atoms with Crippen molar-refractivity contribution in [3.8, 4) is 74.3 Å². The van der Waals surface area contributed by atoms with Crippen molar-refractivity contribution in [1.29, 1.82) is 0 Å². The highest BCUT2D eigenvalue weighted by molar-refractivity contribution is 6.03. The number of hydrogen-bond donors (Lipinski definition) is 16. The van der Waals surface area contributed by atoms with E-state index in [2.05, 4.69) is 39.5 Å². The van der Waals surface area contributed by atoms with E-state index >= 15 is 0 Å². The summed E-state index contributed by atoms with van der Waals surface area (Å²) in [7, 11) is 0. The molecule has 3 aliphatic heterocycles. The number of aromatic hydroxyl groups is 7. The van der Waals surface area contributed by atoms with Crippen LogP contribution in [0.5, 0.6) is 51.7 Å². The number of aliphatic hydroxyl groups excluding tert-OH is 8. The molecule has 9 rings (SSSR count). The van der Waals surface area contributed by atoms with E-state index in [-0.39, 0.29) is 11.4 Å². The third-order valence-electron chi connectivity index (χ3n) is 12.5. The third kappa shape index (κ3) is 9.60. The van der Waals surface area contributed by atoms with Gasteiger partial charge in [-0.1, -0.05) is 92.1 Å². The molecule has 0 saturated carbocycles. The lowest BCUT2D eigenvalue weighted by Crippen LogP contribution is -2.12. The molecule has 4 aromatic carbocycles. The smallest absolute Gasteiger partial charge is 0.235 e. The summed E-state index contributed by atoms with van der Waals surface area (Å²) in [4.78, 5) is 24.0. The highest BCUT2D eigenvalue weighted by Crippen LogP contribution is 2.56. The first-order chi connectivity index (χ1) is 37.3. The van der Waals surface area contributed by atoms with Crippen LogP contribution in [0.4, 0.5) is 5.69 Å². The van der Waals surface area contributed by atoms with Gasteiger partial charge in [0.1, 0.15) is 29.4 Å². The number of benzene rings is 4. The molecule has 1 aromatic heterocycles. The van der Waals surface area contributed by atoms with Crippen LogP contribution in [0, 0.1) is 0 Å². The second-order valence-electron chi connectivity index (χ2n) is 17.5. The summed E-state index contributed by atoms with van der Waals surface area (Å²) in [6, 6.07) is 14.5. The topological polar surface area (TPSA) is 391 Å². The minimum atomic E-state index is -1.29. The molecule has 5 aromatic rings. The van der Waals surface area contributed by atoms with Gasteiger partial charge in [0, 0.05) is 23.1 Å². The molecule has 0 saturated heterocycles. The molecule has 4 heterocycles. The number of aliphatic hydroxyl groups is 8. The van der Waals surface area contributed by atoms with Crippen molar-refractivity contribution >= 4 is 22.4 Å². The number of phenols is 7. The fourth-order valence-electron chi connectivity index (χ4n) is 8.52. The first-order valence-electron chi connectivity index (χ1n) is 23.2. The summed E-state index contributed by atoms with van der Waals surface area (Å²) in [6.07, 6.45) is 11.5. The van der Waals surface area contributed by atoms with Crippen molar-refractivity contribution in [2.45, 2.75) is 19.3 Å². The molecular weight excluding hydrogens is 1020 g/mol. The molecule has 23 nitrogen and oxygen atoms in total. The Labute approximate surface area is 440 Å². The van der Waals surface area contributed by atoms with Gasteiger partial charge in [0.05, 0.1) is 23.4 Å². The Morgan fingerprint density at radius 2 is 1.35 bits per heavy atom. The second-order valence-corrected chi connectivity index (χ2v) is 17.5. The zero-order chi connectivity index (χ0) is 55.9. The van der Waals surface area contributed by atoms with Gasteiger partial charge in [0.2, 0.25) is 51.8 Å². The van der Waals surface area contributed by atoms with Gasteiger partial charge in [0.15, 0.2) is 64.4 Å². The van der Waals surface area contributed by atoms with Gasteiger partial charge in [-0.3, -0.25) is 0 Å². The van der Waals surface area contributed by atoms with Gasteiger partial charge in [-0.05, 0) is 41.2 Å². The molecule has 0 spiro atoms. The van der Waals surface area contributed by atoms with E-state index in [1.165, 1.54) is 0 Å². The monoisotopic (exact) mass is 1070 g/mol. The SMILES string of the molecule is C=C1Oc2c(O)c(O)c(O)c(O)c2C/C(O)=C(/c2nc(/C(CO)=C3/C=C(/CO)O/C4=C(O)/C(O)=C(/O)COOc5c(O)c(O)c(O)c3c5NC4=C)nc(-c3ccc(-c4cccc(CC5=CCC=CC=C5)c4)cc3)n2)C(O)=C1O. The molecule has 0 fully saturated rings. The maximum atomic E-state index is 12.0. The van der Waals surface area contributed by atoms with E-state index in [9.17, 15) is 76.6 Å². The van der Waals surface area contributed by atoms with Crippen molar-refractivity contribution < 1.29 is 95.8 Å². The average molecular weight is 1070 g/mol. The number of aromatic nitrogens is 3. The van der Waals surface area contributed by atoms with E-state index in [4.69, 9.17) is 19.2 Å². The fraction of sp³-hybridized carbons (Fsp3) is 0.109. The first kappa shape index (κ1) is 52.4. The van der Waals surface area contributed by atoms with Gasteiger partial charge >= 0.3 is 0 Å². The lowest BCUT2D eigenvalue weighted by molar-refractivity contribution is -0.204. The van der Waals surface area contributed by atoms with E-state index < -0.39 is 181 Å². The molecule has 0 radical (unpaired) electrons. The number of fused-ring (bicyclic) bond motifs is 3. The van der Waals surface area contributed by atoms with Gasteiger partial charge in [-0.15, -0.1) is 0 Å². The molecule has 0 unspecified atom stereocenters. The molecule has 400 valence electrons. The minimum absolute atomic E-state index is 0.192. The minimum Gasteiger partial charge on any atom is -0.511 e. The van der Waals surface area contributed by atoms with Crippen molar-refractivity contribution in [1.82, 2.24) is 15.0 Å². The highest BCUT2D eigenvalue weighted by atomic mass is 17.2. The number of nitrogens with one attached hydrogen (secondary N) is 1. The zero-order valence-corrected chi connectivity index (χ0v) is 40.4. The summed E-state index contributed by atoms with van der Waals surface area (Å²) in [6.45, 7) is 4.03. The summed E-state index contributed by atoms with van der Waals surface area (Å²) < 4.78 is 11.3. The molecule has 1 aliphatic carbocycles. The standard InChI is InChI=1S/C55H46N4O19/c1-23-50-47(72)41(66)35(63)22-75-78-52-38(56-23)36(42(67)45(70)49(52)74)31(18-30(20-60)77-50)33(21-61)54-57-53(28-14-12-27(13-15-28)29-11-7-10-26(17-29)16-25-8-5-3-4-6-9-25)58-55(59-54)37-34(62)19-32-40(65)44(69)46(71)48(73)51(32)76-24(2)39(64)43(37)68/h3-5,7-15,17-18,56,60-74H,1-2,6,16,19-22H2/b30-18-,33-31-,37-34-,41-35-,43-39?,50-47-. The fourth-order valence-corrected chi connectivity index (χ4v) is 8.52. The summed E-state index contributed by atoms with van der Waals surface area (Å²) in [5.74, 6) is -21.0. The molecule has 78 heavy (non-hydrogen) atoms. The Kier molecular flexibility index (Phi) is 14.1. The Morgan fingerprint density at radius 1 is 0.654 bits per heavy atom. The molecule has 23 heteroatoms. The van der Waals surface area contributed by atoms with E-state index in [0.29, 0.717) is 6.42 Å². The highest BCUT2D eigenvalue weighted by Gasteiger charge is 2.36. The van der Waals surface area contributed by atoms with Crippen LogP contribution in [0.25, 0.3) is 39.2 Å². The second kappa shape index (κ2) is 21.0. The van der Waals surface area contributed by atoms with E-state index in [1.807, 2.05) is 48.6 Å². The molecule has 0 amide bonds. The largest absolute Gasteiger partial charge is 0.511 e. The average Bonchev–Trinajstić information content (AvgIpc) is 3.85. The van der Waals surface area contributed by atoms with Crippen molar-refractivity contribution in [3.05, 3.63) is 190 Å². The molecule has 16 N–H and O–H groups in total. The Hall–Kier alpha value is -10.5. The van der Waals surface area contributed by atoms with Crippen molar-refractivity contribution in [3.63, 3.8) is 0 Å². The van der Waals surface area contributed by atoms with Crippen LogP contribution in [0.1, 0.15) is 34.8 Å². The molecule has 2 bridgehead atoms. The molecular formula is C55H46N4O19. The van der Waals surface area contributed by atoms with Gasteiger partial charge in [-0.2, -0.15) is 4.89 Å². The number of rotatable bonds is 8. The lowest BCUT2D eigenvalue weighted by Gasteiger charge is -2.21. The van der Waals surface area contributed by atoms with Crippen LogP contribution >= 0.6 is 0 Å². The lowest BCUT2D eigenvalue weighted by atomic mass is 9.94. The Morgan fingerprint density at radius 3 is 2.08 bits per heavy atom. The van der Waals surface area contributed by atoms with Crippen LogP contribution in [-0.4, -0.2) is 111 Å². The van der Waals surface area contributed by atoms with Gasteiger partial charge < -0.3 is 96.3 Å². The number of allylic oxidation sites excluding steroid dienone is 10. The summed E-state index contributed by atoms with van der Waals surface area (Å²) in [5.41, 5.74) is -0.372. The maximum Gasteiger partial charge on any atom is 0.235 e. The number of ether oxygens (including phenoxy) is 2. The van der Waals surface area contributed by atoms with Crippen LogP contribution in [0.15, 0.2) is 161 Å². The van der Waals surface area contributed by atoms with Crippen LogP contribution in [-0.2, 0) is 22.5 Å². The first-order valence-corrected chi connectivity index (χ1v) is 23.2. The van der Waals surface area contributed by atoms with Crippen LogP contribution < -0.4 is 14.9 Å². The van der Waals surface area contributed by atoms with Gasteiger partial charge in [-0.25, -0.2) is 15.0 Å². The number of anilines is 1. The summed E-state index contributed by atoms with van der Waals surface area (Å²) >= 11 is 0. The maximum absolute atomic E-state index is 12.0. The van der Waals surface area contributed by atoms with E-state index in [0.717, 1.165) is 34.8 Å². The van der Waals surface area contributed by atoms with E-state index in [1.54, 1.807) is 24.3 Å². The van der Waals surface area contributed by atoms with Crippen molar-refractivity contribution in [2.75, 3.05) is 25.1 Å². The third-order valence-corrected chi connectivity index (χ3v) is 12.5. The van der Waals surface area contributed by atoms with Crippen LogP contribution in [0.2, 0.25) is 0 Å². The Bertz CT molecular complexity index is 3690. The molecule has 4 aliphatic rings. The zero-order valence-electron chi connectivity index (χ0n) is 40.4. The number of nitrogens with zero attached hydrogens (tertiary/aromatic N) is 3. The quantitative estimate of drug-likeness (QED) is 0.0397. The normalized spacial score (nSPS) is 20.1. The molecule has 0 atom stereocenters. The van der Waals surface area contributed by atoms with Gasteiger partial charge in [0.25, 0.3) is 0 Å². The predicted molar refractivity (Wildman–Crippen MR) is 277 cm³/mol. The summed E-state index contributed by atoms with van der Waals surface area (Å²) in [5, 5.41) is 170. The number of hydrogen-bond acceptors (Lipinski definition) is 23. The Balaban J connectivity index is 1.32. The predicted octanol–water partition coefficient (Wildman–Crippen LogP) is 8.03. The van der Waals surface area contributed by atoms with Crippen molar-refractivity contribution in [2.24, 2.45) is 0 Å². The number of phenolic OH excluding ortho intramolecular Hbond substituents is 7.